The van der Waals surface area contributed by atoms with Crippen LogP contribution in [0.3, 0.4) is 0 Å². The number of rotatable bonds is 8. The number of hydrogen-bond donors (Lipinski definition) is 2. The van der Waals surface area contributed by atoms with Gasteiger partial charge in [0.1, 0.15) is 0 Å². The maximum atomic E-state index is 12.4. The minimum Gasteiger partial charge on any atom is -0.356 e. The topological polar surface area (TPSA) is 56.7 Å². The molecule has 0 saturated carbocycles. The quantitative estimate of drug-likeness (QED) is 0.522. The van der Waals surface area contributed by atoms with Crippen LogP contribution in [-0.4, -0.2) is 50.0 Å². The summed E-state index contributed by atoms with van der Waals surface area (Å²) in [6.07, 6.45) is 1.52. The van der Waals surface area contributed by atoms with Crippen molar-refractivity contribution >= 4 is 11.9 Å². The maximum absolute atomic E-state index is 12.4. The molecular formula is C25H34N4O. The Hall–Kier alpha value is -2.82. The van der Waals surface area contributed by atoms with Gasteiger partial charge in [0, 0.05) is 45.6 Å². The minimum atomic E-state index is 0.258. The summed E-state index contributed by atoms with van der Waals surface area (Å²) < 4.78 is 0. The first-order valence-electron chi connectivity index (χ1n) is 10.9. The second-order valence-electron chi connectivity index (χ2n) is 8.29. The zero-order valence-electron chi connectivity index (χ0n) is 18.4. The highest BCUT2D eigenvalue weighted by Crippen LogP contribution is 2.18. The predicted molar refractivity (Wildman–Crippen MR) is 124 cm³/mol. The molecule has 1 saturated heterocycles. The molecule has 1 amide bonds. The molecule has 2 aromatic rings. The molecule has 1 aliphatic heterocycles. The highest BCUT2D eigenvalue weighted by molar-refractivity contribution is 5.81. The van der Waals surface area contributed by atoms with E-state index in [0.29, 0.717) is 18.3 Å². The first kappa shape index (κ1) is 21.9. The predicted octanol–water partition coefficient (Wildman–Crippen LogP) is 3.35. The lowest BCUT2D eigenvalue weighted by Crippen LogP contribution is -2.41. The number of amides is 1. The summed E-state index contributed by atoms with van der Waals surface area (Å²) in [6, 6.07) is 19.0. The Labute approximate surface area is 180 Å². The van der Waals surface area contributed by atoms with Gasteiger partial charge in [0.15, 0.2) is 5.96 Å². The normalized spacial score (nSPS) is 17.8. The number of benzene rings is 2. The van der Waals surface area contributed by atoms with Gasteiger partial charge < -0.3 is 15.5 Å². The van der Waals surface area contributed by atoms with Crippen molar-refractivity contribution < 1.29 is 4.79 Å². The van der Waals surface area contributed by atoms with Gasteiger partial charge in [-0.15, -0.1) is 0 Å². The molecule has 0 radical (unpaired) electrons. The van der Waals surface area contributed by atoms with Crippen LogP contribution in [0.5, 0.6) is 0 Å². The average Bonchev–Trinajstić information content (AvgIpc) is 3.12. The third kappa shape index (κ3) is 6.34. The second-order valence-corrected chi connectivity index (χ2v) is 8.29. The smallest absolute Gasteiger partial charge is 0.223 e. The summed E-state index contributed by atoms with van der Waals surface area (Å²) in [5.41, 5.74) is 3.89. The molecule has 2 N–H and O–H groups in total. The summed E-state index contributed by atoms with van der Waals surface area (Å²) in [7, 11) is 1.79. The molecule has 0 aliphatic carbocycles. The number of hydrogen-bond acceptors (Lipinski definition) is 2. The van der Waals surface area contributed by atoms with Crippen LogP contribution >= 0.6 is 0 Å². The first-order chi connectivity index (χ1) is 14.5. The molecule has 0 spiro atoms. The number of guanidine groups is 1. The molecule has 2 aromatic carbocycles. The number of nitrogens with one attached hydrogen (secondary N) is 2. The maximum Gasteiger partial charge on any atom is 0.223 e. The van der Waals surface area contributed by atoms with E-state index < -0.39 is 0 Å². The lowest BCUT2D eigenvalue weighted by molar-refractivity contribution is -0.127. The number of aryl methyl sites for hydroxylation is 1. The van der Waals surface area contributed by atoms with E-state index in [0.717, 1.165) is 38.6 Å². The molecule has 0 aromatic heterocycles. The van der Waals surface area contributed by atoms with Gasteiger partial charge in [0.25, 0.3) is 0 Å². The fourth-order valence-electron chi connectivity index (χ4n) is 3.92. The molecular weight excluding hydrogens is 372 g/mol. The van der Waals surface area contributed by atoms with Crippen molar-refractivity contribution in [3.8, 4) is 0 Å². The van der Waals surface area contributed by atoms with Gasteiger partial charge in [-0.3, -0.25) is 9.79 Å². The van der Waals surface area contributed by atoms with Gasteiger partial charge >= 0.3 is 0 Å². The van der Waals surface area contributed by atoms with Crippen LogP contribution in [-0.2, 0) is 11.2 Å². The van der Waals surface area contributed by atoms with Crippen molar-refractivity contribution in [2.45, 2.75) is 32.6 Å². The molecule has 160 valence electrons. The van der Waals surface area contributed by atoms with E-state index in [4.69, 9.17) is 0 Å². The first-order valence-corrected chi connectivity index (χ1v) is 10.9. The molecule has 1 aliphatic rings. The van der Waals surface area contributed by atoms with E-state index in [9.17, 15) is 4.79 Å². The van der Waals surface area contributed by atoms with E-state index >= 15 is 0 Å². The van der Waals surface area contributed by atoms with E-state index in [1.54, 1.807) is 7.05 Å². The molecule has 1 heterocycles. The van der Waals surface area contributed by atoms with Gasteiger partial charge in [-0.05, 0) is 30.4 Å². The summed E-state index contributed by atoms with van der Waals surface area (Å²) >= 11 is 0. The fourth-order valence-corrected chi connectivity index (χ4v) is 3.92. The van der Waals surface area contributed by atoms with E-state index in [2.05, 4.69) is 65.9 Å². The monoisotopic (exact) mass is 406 g/mol. The lowest BCUT2D eigenvalue weighted by Gasteiger charge is -2.19. The van der Waals surface area contributed by atoms with E-state index in [1.807, 2.05) is 23.1 Å². The standard InChI is InChI=1S/C25H34N4O/c1-19-8-7-11-23(14-19)20(2)16-27-25(26-3)28-17-22-15-24(30)29(18-22)13-12-21-9-5-4-6-10-21/h4-11,14,20,22H,12-13,15-18H2,1-3H3,(H2,26,27,28). The van der Waals surface area contributed by atoms with Crippen LogP contribution in [0.2, 0.25) is 0 Å². The number of aliphatic imine (C=N–C) groups is 1. The zero-order valence-corrected chi connectivity index (χ0v) is 18.4. The molecule has 30 heavy (non-hydrogen) atoms. The Balaban J connectivity index is 1.41. The van der Waals surface area contributed by atoms with Gasteiger partial charge in [-0.1, -0.05) is 67.1 Å². The average molecular weight is 407 g/mol. The van der Waals surface area contributed by atoms with Crippen molar-refractivity contribution in [2.24, 2.45) is 10.9 Å². The summed E-state index contributed by atoms with van der Waals surface area (Å²) in [5.74, 6) is 1.77. The molecule has 5 heteroatoms. The van der Waals surface area contributed by atoms with E-state index in [-0.39, 0.29) is 5.91 Å². The van der Waals surface area contributed by atoms with Gasteiger partial charge in [-0.25, -0.2) is 0 Å². The van der Waals surface area contributed by atoms with Crippen LogP contribution in [0.15, 0.2) is 59.6 Å². The lowest BCUT2D eigenvalue weighted by atomic mass is 9.99. The Bertz CT molecular complexity index is 849. The highest BCUT2D eigenvalue weighted by atomic mass is 16.2. The van der Waals surface area contributed by atoms with Crippen molar-refractivity contribution in [2.75, 3.05) is 33.2 Å². The van der Waals surface area contributed by atoms with Crippen molar-refractivity contribution in [1.29, 1.82) is 0 Å². The number of nitrogens with zero attached hydrogens (tertiary/aromatic N) is 2. The van der Waals surface area contributed by atoms with Crippen molar-refractivity contribution in [3.05, 3.63) is 71.3 Å². The van der Waals surface area contributed by atoms with Gasteiger partial charge in [0.2, 0.25) is 5.91 Å². The second kappa shape index (κ2) is 10.8. The highest BCUT2D eigenvalue weighted by Gasteiger charge is 2.29. The van der Waals surface area contributed by atoms with Crippen LogP contribution in [0.4, 0.5) is 0 Å². The SMILES string of the molecule is CN=C(NCC1CC(=O)N(CCc2ccccc2)C1)NCC(C)c1cccc(C)c1. The molecule has 2 atom stereocenters. The Morgan fingerprint density at radius 1 is 1.17 bits per heavy atom. The van der Waals surface area contributed by atoms with E-state index in [1.165, 1.54) is 16.7 Å². The summed E-state index contributed by atoms with van der Waals surface area (Å²) in [5, 5.41) is 6.82. The number of likely N-dealkylation sites (tertiary alicyclic amines) is 1. The van der Waals surface area contributed by atoms with Crippen LogP contribution in [0, 0.1) is 12.8 Å². The van der Waals surface area contributed by atoms with Crippen LogP contribution < -0.4 is 10.6 Å². The Morgan fingerprint density at radius 2 is 1.97 bits per heavy atom. The molecule has 3 rings (SSSR count). The molecule has 0 bridgehead atoms. The number of carbonyl (C=O) groups excluding carboxylic acids is 1. The van der Waals surface area contributed by atoms with Gasteiger partial charge in [0.05, 0.1) is 0 Å². The molecule has 2 unspecified atom stereocenters. The summed E-state index contributed by atoms with van der Waals surface area (Å²) in [4.78, 5) is 18.7. The minimum absolute atomic E-state index is 0.258. The fraction of sp³-hybridized carbons (Fsp3) is 0.440. The largest absolute Gasteiger partial charge is 0.356 e. The van der Waals surface area contributed by atoms with Crippen molar-refractivity contribution in [3.63, 3.8) is 0 Å². The zero-order chi connectivity index (χ0) is 21.3. The molecule has 1 fully saturated rings. The number of carbonyl (C=O) groups is 1. The third-order valence-electron chi connectivity index (χ3n) is 5.78. The van der Waals surface area contributed by atoms with Crippen LogP contribution in [0.25, 0.3) is 0 Å². The van der Waals surface area contributed by atoms with Gasteiger partial charge in [-0.2, -0.15) is 0 Å². The molecule has 5 nitrogen and oxygen atoms in total. The van der Waals surface area contributed by atoms with Crippen LogP contribution in [0.1, 0.15) is 36.0 Å². The third-order valence-corrected chi connectivity index (χ3v) is 5.78. The van der Waals surface area contributed by atoms with Crippen molar-refractivity contribution in [1.82, 2.24) is 15.5 Å². The summed E-state index contributed by atoms with van der Waals surface area (Å²) in [6.45, 7) is 7.52. The Morgan fingerprint density at radius 3 is 2.70 bits per heavy atom. The Kier molecular flexibility index (Phi) is 7.89.